The van der Waals surface area contributed by atoms with Crippen LogP contribution < -0.4 is 0 Å². The summed E-state index contributed by atoms with van der Waals surface area (Å²) in [6, 6.07) is 19.7. The Bertz CT molecular complexity index is 455. The zero-order chi connectivity index (χ0) is 12.8. The summed E-state index contributed by atoms with van der Waals surface area (Å²) < 4.78 is 11.5. The lowest BCUT2D eigenvalue weighted by atomic mass is 10.0. The normalized spacial score (nSPS) is 11.6. The van der Waals surface area contributed by atoms with Crippen LogP contribution in [0.15, 0.2) is 60.7 Å². The molecule has 0 saturated carbocycles. The van der Waals surface area contributed by atoms with Crippen LogP contribution in [0, 0.1) is 0 Å². The molecule has 92 valence electrons. The number of hydrogen-bond acceptors (Lipinski definition) is 1. The molecule has 2 aromatic carbocycles. The molecule has 3 heteroatoms. The largest absolute Gasteiger partial charge is 0.509 e. The summed E-state index contributed by atoms with van der Waals surface area (Å²) in [7, 11) is -2.16. The SMILES string of the molecule is O=[P+](O)C(Cc1ccccc1)Cc1ccccc1. The van der Waals surface area contributed by atoms with E-state index in [2.05, 4.69) is 0 Å². The zero-order valence-corrected chi connectivity index (χ0v) is 11.0. The smallest absolute Gasteiger partial charge is 0.161 e. The van der Waals surface area contributed by atoms with Crippen LogP contribution in [-0.2, 0) is 17.4 Å². The van der Waals surface area contributed by atoms with E-state index in [1.54, 1.807) is 0 Å². The Hall–Kier alpha value is -1.50. The summed E-state index contributed by atoms with van der Waals surface area (Å²) in [5.41, 5.74) is 2.00. The average molecular weight is 259 g/mol. The minimum atomic E-state index is -2.16. The maximum absolute atomic E-state index is 11.5. The van der Waals surface area contributed by atoms with Crippen molar-refractivity contribution in [1.82, 2.24) is 0 Å². The molecule has 0 aliphatic rings. The third-order valence-electron chi connectivity index (χ3n) is 2.94. The molecule has 1 N–H and O–H groups in total. The molecule has 2 rings (SSSR count). The third kappa shape index (κ3) is 3.76. The molecule has 0 aromatic heterocycles. The van der Waals surface area contributed by atoms with Gasteiger partial charge in [-0.05, 0) is 15.7 Å². The molecule has 0 saturated heterocycles. The fourth-order valence-corrected chi connectivity index (χ4v) is 2.73. The minimum absolute atomic E-state index is 0.218. The quantitative estimate of drug-likeness (QED) is 0.833. The predicted octanol–water partition coefficient (Wildman–Crippen LogP) is 3.58. The molecule has 0 bridgehead atoms. The van der Waals surface area contributed by atoms with E-state index in [-0.39, 0.29) is 5.66 Å². The van der Waals surface area contributed by atoms with E-state index >= 15 is 0 Å². The van der Waals surface area contributed by atoms with Crippen LogP contribution in [-0.4, -0.2) is 10.6 Å². The maximum Gasteiger partial charge on any atom is 0.509 e. The summed E-state index contributed by atoms with van der Waals surface area (Å²) >= 11 is 0. The van der Waals surface area contributed by atoms with Gasteiger partial charge in [0.05, 0.1) is 0 Å². The van der Waals surface area contributed by atoms with Crippen molar-refractivity contribution in [2.24, 2.45) is 0 Å². The van der Waals surface area contributed by atoms with Crippen molar-refractivity contribution in [2.75, 3.05) is 0 Å². The first-order valence-corrected chi connectivity index (χ1v) is 7.27. The van der Waals surface area contributed by atoms with Gasteiger partial charge in [0.1, 0.15) is 0 Å². The Balaban J connectivity index is 2.08. The molecule has 0 spiro atoms. The Morgan fingerprint density at radius 3 is 1.56 bits per heavy atom. The van der Waals surface area contributed by atoms with Gasteiger partial charge in [-0.2, -0.15) is 4.89 Å². The molecule has 2 nitrogen and oxygen atoms in total. The number of benzene rings is 2. The topological polar surface area (TPSA) is 37.3 Å². The van der Waals surface area contributed by atoms with Crippen molar-refractivity contribution in [1.29, 1.82) is 0 Å². The molecular formula is C15H16O2P+. The number of rotatable bonds is 5. The molecular weight excluding hydrogens is 243 g/mol. The van der Waals surface area contributed by atoms with E-state index in [1.807, 2.05) is 60.7 Å². The fraction of sp³-hybridized carbons (Fsp3) is 0.200. The van der Waals surface area contributed by atoms with Gasteiger partial charge in [0, 0.05) is 12.8 Å². The summed E-state index contributed by atoms with van der Waals surface area (Å²) in [5.74, 6) is 0. The van der Waals surface area contributed by atoms with Crippen molar-refractivity contribution in [2.45, 2.75) is 18.5 Å². The highest BCUT2D eigenvalue weighted by Gasteiger charge is 2.29. The Morgan fingerprint density at radius 1 is 0.833 bits per heavy atom. The van der Waals surface area contributed by atoms with Crippen LogP contribution in [0.1, 0.15) is 11.1 Å². The van der Waals surface area contributed by atoms with Crippen LogP contribution in [0.4, 0.5) is 0 Å². The van der Waals surface area contributed by atoms with Gasteiger partial charge in [-0.3, -0.25) is 0 Å². The van der Waals surface area contributed by atoms with Gasteiger partial charge in [0.15, 0.2) is 5.66 Å². The third-order valence-corrected chi connectivity index (χ3v) is 3.93. The van der Waals surface area contributed by atoms with Crippen molar-refractivity contribution in [3.63, 3.8) is 0 Å². The van der Waals surface area contributed by atoms with E-state index in [9.17, 15) is 9.46 Å². The van der Waals surface area contributed by atoms with Crippen LogP contribution in [0.25, 0.3) is 0 Å². The van der Waals surface area contributed by atoms with E-state index in [4.69, 9.17) is 0 Å². The highest BCUT2D eigenvalue weighted by Crippen LogP contribution is 2.29. The van der Waals surface area contributed by atoms with Crippen molar-refractivity contribution >= 4 is 8.03 Å². The summed E-state index contributed by atoms with van der Waals surface area (Å²) in [6.45, 7) is 0. The monoisotopic (exact) mass is 259 g/mol. The van der Waals surface area contributed by atoms with Crippen molar-refractivity contribution < 1.29 is 9.46 Å². The minimum Gasteiger partial charge on any atom is -0.161 e. The first kappa shape index (κ1) is 12.9. The van der Waals surface area contributed by atoms with Gasteiger partial charge in [0.25, 0.3) is 0 Å². The van der Waals surface area contributed by atoms with Gasteiger partial charge < -0.3 is 0 Å². The molecule has 0 radical (unpaired) electrons. The molecule has 1 atom stereocenters. The lowest BCUT2D eigenvalue weighted by Gasteiger charge is -2.05. The molecule has 1 unspecified atom stereocenters. The summed E-state index contributed by atoms with van der Waals surface area (Å²) in [6.07, 6.45) is 1.28. The Morgan fingerprint density at radius 2 is 1.22 bits per heavy atom. The van der Waals surface area contributed by atoms with Crippen molar-refractivity contribution in [3.8, 4) is 0 Å². The summed E-state index contributed by atoms with van der Waals surface area (Å²) in [4.78, 5) is 9.44. The second-order valence-electron chi connectivity index (χ2n) is 4.34. The van der Waals surface area contributed by atoms with E-state index < -0.39 is 8.03 Å². The highest BCUT2D eigenvalue weighted by molar-refractivity contribution is 7.38. The van der Waals surface area contributed by atoms with E-state index in [1.165, 1.54) is 0 Å². The molecule has 0 aliphatic heterocycles. The molecule has 2 aromatic rings. The van der Waals surface area contributed by atoms with E-state index in [0.29, 0.717) is 12.8 Å². The lowest BCUT2D eigenvalue weighted by Crippen LogP contribution is -2.10. The summed E-state index contributed by atoms with van der Waals surface area (Å²) in [5, 5.41) is 0. The molecule has 0 heterocycles. The average Bonchev–Trinajstić information content (AvgIpc) is 2.40. The van der Waals surface area contributed by atoms with Crippen molar-refractivity contribution in [3.05, 3.63) is 71.8 Å². The molecule has 0 aliphatic carbocycles. The molecule has 0 fully saturated rings. The van der Waals surface area contributed by atoms with Crippen LogP contribution in [0.5, 0.6) is 0 Å². The van der Waals surface area contributed by atoms with Gasteiger partial charge in [-0.1, -0.05) is 60.7 Å². The first-order valence-electron chi connectivity index (χ1n) is 5.99. The second-order valence-corrected chi connectivity index (χ2v) is 5.67. The van der Waals surface area contributed by atoms with Crippen LogP contribution in [0.3, 0.4) is 0 Å². The van der Waals surface area contributed by atoms with E-state index in [0.717, 1.165) is 11.1 Å². The van der Waals surface area contributed by atoms with Crippen LogP contribution in [0.2, 0.25) is 0 Å². The highest BCUT2D eigenvalue weighted by atomic mass is 31.1. The number of hydrogen-bond donors (Lipinski definition) is 1. The first-order chi connectivity index (χ1) is 8.75. The van der Waals surface area contributed by atoms with Gasteiger partial charge >= 0.3 is 8.03 Å². The standard InChI is InChI=1S/C15H15O2P/c16-18(17)15(11-13-7-3-1-4-8-13)12-14-9-5-2-6-10-14/h1-10,15H,11-12H2/p+1. The Kier molecular flexibility index (Phi) is 4.63. The zero-order valence-electron chi connectivity index (χ0n) is 10.1. The Labute approximate surface area is 108 Å². The molecule has 0 amide bonds. The predicted molar refractivity (Wildman–Crippen MR) is 73.9 cm³/mol. The maximum atomic E-state index is 11.5. The van der Waals surface area contributed by atoms with Gasteiger partial charge in [0.2, 0.25) is 0 Å². The van der Waals surface area contributed by atoms with Gasteiger partial charge in [-0.15, -0.1) is 0 Å². The fourth-order valence-electron chi connectivity index (χ4n) is 2.00. The lowest BCUT2D eigenvalue weighted by molar-refractivity contribution is 0.486. The van der Waals surface area contributed by atoms with Crippen LogP contribution >= 0.6 is 8.03 Å². The van der Waals surface area contributed by atoms with Gasteiger partial charge in [-0.25, -0.2) is 0 Å². The molecule has 18 heavy (non-hydrogen) atoms. The second kappa shape index (κ2) is 6.44.